The summed E-state index contributed by atoms with van der Waals surface area (Å²) >= 11 is 0. The molecule has 0 saturated carbocycles. The smallest absolute Gasteiger partial charge is 0.159 e. The van der Waals surface area contributed by atoms with Crippen LogP contribution in [0, 0.1) is 0 Å². The van der Waals surface area contributed by atoms with Gasteiger partial charge in [0.05, 0.1) is 11.4 Å². The van der Waals surface area contributed by atoms with Gasteiger partial charge < -0.3 is 9.32 Å². The van der Waals surface area contributed by atoms with E-state index in [9.17, 15) is 0 Å². The van der Waals surface area contributed by atoms with E-state index in [0.29, 0.717) is 0 Å². The Balaban J connectivity index is 1.11. The summed E-state index contributed by atoms with van der Waals surface area (Å²) in [6.07, 6.45) is 0. The zero-order valence-electron chi connectivity index (χ0n) is 34.0. The van der Waals surface area contributed by atoms with Crippen molar-refractivity contribution in [2.45, 2.75) is 0 Å². The molecule has 0 atom stereocenters. The highest BCUT2D eigenvalue weighted by Gasteiger charge is 2.24. The van der Waals surface area contributed by atoms with Crippen LogP contribution in [-0.2, 0) is 0 Å². The van der Waals surface area contributed by atoms with Gasteiger partial charge in [0, 0.05) is 22.0 Å². The van der Waals surface area contributed by atoms with Crippen LogP contribution in [0.15, 0.2) is 253 Å². The number of furan rings is 1. The molecule has 11 aromatic rings. The van der Waals surface area contributed by atoms with Crippen LogP contribution in [0.1, 0.15) is 0 Å². The van der Waals surface area contributed by atoms with E-state index in [1.807, 2.05) is 6.07 Å². The summed E-state index contributed by atoms with van der Waals surface area (Å²) in [6.45, 7) is 0. The summed E-state index contributed by atoms with van der Waals surface area (Å²) in [5.74, 6) is 0. The van der Waals surface area contributed by atoms with Gasteiger partial charge in [-0.1, -0.05) is 212 Å². The first kappa shape index (κ1) is 36.8. The maximum atomic E-state index is 6.77. The fraction of sp³-hybridized carbons (Fsp3) is 0. The lowest BCUT2D eigenvalue weighted by Crippen LogP contribution is -2.11. The number of para-hydroxylation sites is 3. The largest absolute Gasteiger partial charge is 0.454 e. The highest BCUT2D eigenvalue weighted by atomic mass is 16.3. The van der Waals surface area contributed by atoms with Crippen LogP contribution in [0.4, 0.5) is 17.1 Å². The molecule has 1 aromatic heterocycles. The average Bonchev–Trinajstić information content (AvgIpc) is 3.75. The number of rotatable bonds is 9. The van der Waals surface area contributed by atoms with Gasteiger partial charge in [0.25, 0.3) is 0 Å². The standard InChI is InChI=1S/C60H41NO/c1-4-17-42(18-5-1)44-31-33-45(34-32-44)46-35-38-49(39-36-46)61(58-29-16-27-55-54-26-13-15-30-59(54)62-60(55)58)57-28-14-12-25-53(57)52-40-37-48(43-19-6-2-7-20-43)41-56(52)51-24-11-10-23-50(51)47-21-8-3-9-22-47/h1-41H. The lowest BCUT2D eigenvalue weighted by atomic mass is 9.86. The predicted molar refractivity (Wildman–Crippen MR) is 261 cm³/mol. The first-order chi connectivity index (χ1) is 30.8. The topological polar surface area (TPSA) is 16.4 Å². The highest BCUT2D eigenvalue weighted by molar-refractivity contribution is 6.11. The summed E-state index contributed by atoms with van der Waals surface area (Å²) < 4.78 is 6.77. The van der Waals surface area contributed by atoms with Crippen molar-refractivity contribution in [1.82, 2.24) is 0 Å². The van der Waals surface area contributed by atoms with Crippen molar-refractivity contribution in [1.29, 1.82) is 0 Å². The van der Waals surface area contributed by atoms with E-state index in [0.717, 1.165) is 61.3 Å². The quantitative estimate of drug-likeness (QED) is 0.145. The fourth-order valence-corrected chi connectivity index (χ4v) is 8.90. The molecule has 0 amide bonds. The van der Waals surface area contributed by atoms with Crippen molar-refractivity contribution < 1.29 is 4.42 Å². The Kier molecular flexibility index (Phi) is 9.57. The predicted octanol–water partition coefficient (Wildman–Crippen LogP) is 17.1. The zero-order valence-corrected chi connectivity index (χ0v) is 34.0. The van der Waals surface area contributed by atoms with Gasteiger partial charge in [0.15, 0.2) is 5.58 Å². The zero-order chi connectivity index (χ0) is 41.2. The Labute approximate surface area is 362 Å². The van der Waals surface area contributed by atoms with Crippen LogP contribution >= 0.6 is 0 Å². The minimum Gasteiger partial charge on any atom is -0.454 e. The molecule has 2 heteroatoms. The molecular weight excluding hydrogens is 751 g/mol. The minimum absolute atomic E-state index is 0.846. The van der Waals surface area contributed by atoms with Crippen LogP contribution in [0.25, 0.3) is 88.7 Å². The second-order valence-corrected chi connectivity index (χ2v) is 15.6. The van der Waals surface area contributed by atoms with Crippen LogP contribution < -0.4 is 4.90 Å². The van der Waals surface area contributed by atoms with Crippen molar-refractivity contribution in [2.75, 3.05) is 4.90 Å². The molecule has 0 saturated heterocycles. The average molecular weight is 792 g/mol. The van der Waals surface area contributed by atoms with E-state index in [1.165, 1.54) is 44.5 Å². The third-order valence-corrected chi connectivity index (χ3v) is 11.9. The molecular formula is C60H41NO. The van der Waals surface area contributed by atoms with Gasteiger partial charge in [-0.05, 0) is 97.6 Å². The number of fused-ring (bicyclic) bond motifs is 3. The maximum Gasteiger partial charge on any atom is 0.159 e. The number of anilines is 3. The maximum absolute atomic E-state index is 6.77. The molecule has 62 heavy (non-hydrogen) atoms. The Bertz CT molecular complexity index is 3310. The molecule has 0 radical (unpaired) electrons. The summed E-state index contributed by atoms with van der Waals surface area (Å²) in [5, 5.41) is 2.18. The molecule has 10 aromatic carbocycles. The number of hydrogen-bond acceptors (Lipinski definition) is 2. The normalized spacial score (nSPS) is 11.2. The molecule has 0 aliphatic rings. The molecule has 0 spiro atoms. The van der Waals surface area contributed by atoms with E-state index >= 15 is 0 Å². The molecule has 0 aliphatic carbocycles. The number of hydrogen-bond donors (Lipinski definition) is 0. The van der Waals surface area contributed by atoms with Gasteiger partial charge in [-0.15, -0.1) is 0 Å². The molecule has 2 nitrogen and oxygen atoms in total. The Morgan fingerprint density at radius 2 is 0.710 bits per heavy atom. The summed E-state index contributed by atoms with van der Waals surface area (Å²) in [5.41, 5.74) is 18.8. The van der Waals surface area contributed by atoms with Gasteiger partial charge in [-0.25, -0.2) is 0 Å². The van der Waals surface area contributed by atoms with E-state index in [2.05, 4.69) is 248 Å². The molecule has 0 unspecified atom stereocenters. The van der Waals surface area contributed by atoms with E-state index in [4.69, 9.17) is 4.42 Å². The Morgan fingerprint density at radius 3 is 1.39 bits per heavy atom. The van der Waals surface area contributed by atoms with Gasteiger partial charge in [0.1, 0.15) is 5.58 Å². The molecule has 0 N–H and O–H groups in total. The lowest BCUT2D eigenvalue weighted by molar-refractivity contribution is 0.669. The molecule has 0 aliphatic heterocycles. The summed E-state index contributed by atoms with van der Waals surface area (Å²) in [6, 6.07) is 89.0. The fourth-order valence-electron chi connectivity index (χ4n) is 8.90. The van der Waals surface area contributed by atoms with Crippen LogP contribution in [0.2, 0.25) is 0 Å². The number of benzene rings is 10. The third-order valence-electron chi connectivity index (χ3n) is 11.9. The van der Waals surface area contributed by atoms with Crippen molar-refractivity contribution in [3.63, 3.8) is 0 Å². The van der Waals surface area contributed by atoms with Gasteiger partial charge in [-0.3, -0.25) is 0 Å². The van der Waals surface area contributed by atoms with Crippen molar-refractivity contribution >= 4 is 39.0 Å². The monoisotopic (exact) mass is 791 g/mol. The van der Waals surface area contributed by atoms with Gasteiger partial charge in [-0.2, -0.15) is 0 Å². The van der Waals surface area contributed by atoms with Crippen LogP contribution in [-0.4, -0.2) is 0 Å². The second-order valence-electron chi connectivity index (χ2n) is 15.6. The van der Waals surface area contributed by atoms with Crippen LogP contribution in [0.3, 0.4) is 0 Å². The Hall–Kier alpha value is -8.20. The Morgan fingerprint density at radius 1 is 0.258 bits per heavy atom. The summed E-state index contributed by atoms with van der Waals surface area (Å²) in [4.78, 5) is 2.38. The van der Waals surface area contributed by atoms with E-state index < -0.39 is 0 Å². The van der Waals surface area contributed by atoms with E-state index in [-0.39, 0.29) is 0 Å². The third kappa shape index (κ3) is 6.84. The summed E-state index contributed by atoms with van der Waals surface area (Å²) in [7, 11) is 0. The molecule has 11 rings (SSSR count). The SMILES string of the molecule is c1ccc(-c2ccc(-c3ccc(N(c4ccccc4-c4ccc(-c5ccccc5)cc4-c4ccccc4-c4ccccc4)c4cccc5c4oc4ccccc45)cc3)cc2)cc1. The van der Waals surface area contributed by atoms with Crippen LogP contribution in [0.5, 0.6) is 0 Å². The van der Waals surface area contributed by atoms with Crippen molar-refractivity contribution in [3.05, 3.63) is 249 Å². The highest BCUT2D eigenvalue weighted by Crippen LogP contribution is 2.48. The first-order valence-electron chi connectivity index (χ1n) is 21.2. The molecule has 1 heterocycles. The molecule has 292 valence electrons. The van der Waals surface area contributed by atoms with Gasteiger partial charge in [0.2, 0.25) is 0 Å². The van der Waals surface area contributed by atoms with Gasteiger partial charge >= 0.3 is 0 Å². The molecule has 0 bridgehead atoms. The minimum atomic E-state index is 0.846. The lowest BCUT2D eigenvalue weighted by Gasteiger charge is -2.29. The first-order valence-corrected chi connectivity index (χ1v) is 21.2. The van der Waals surface area contributed by atoms with Crippen molar-refractivity contribution in [3.8, 4) is 66.8 Å². The van der Waals surface area contributed by atoms with E-state index in [1.54, 1.807) is 0 Å². The second kappa shape index (κ2) is 16.1. The van der Waals surface area contributed by atoms with Crippen molar-refractivity contribution in [2.24, 2.45) is 0 Å². The number of nitrogens with zero attached hydrogens (tertiary/aromatic N) is 1. The molecule has 0 fully saturated rings.